The third-order valence-corrected chi connectivity index (χ3v) is 8.49. The van der Waals surface area contributed by atoms with Crippen molar-refractivity contribution in [3.63, 3.8) is 0 Å². The Labute approximate surface area is 200 Å². The van der Waals surface area contributed by atoms with Crippen molar-refractivity contribution < 1.29 is 20.1 Å². The van der Waals surface area contributed by atoms with Gasteiger partial charge < -0.3 is 20.1 Å². The van der Waals surface area contributed by atoms with Crippen LogP contribution in [0.3, 0.4) is 0 Å². The minimum absolute atomic E-state index is 0.101. The maximum atomic E-state index is 11.1. The molecule has 3 rings (SSSR count). The van der Waals surface area contributed by atoms with Crippen LogP contribution in [0.2, 0.25) is 0 Å². The fourth-order valence-electron chi connectivity index (χ4n) is 6.02. The quantitative estimate of drug-likeness (QED) is 0.314. The van der Waals surface area contributed by atoms with Crippen LogP contribution in [0, 0.1) is 11.3 Å². The summed E-state index contributed by atoms with van der Waals surface area (Å²) in [4.78, 5) is 0. The van der Waals surface area contributed by atoms with Crippen LogP contribution in [0.15, 0.2) is 59.3 Å². The number of fused-ring (bicyclic) bond motifs is 1. The van der Waals surface area contributed by atoms with Crippen molar-refractivity contribution in [1.82, 2.24) is 0 Å². The Balaban J connectivity index is 1.72. The Hall–Kier alpha value is -1.46. The Bertz CT molecular complexity index is 844. The molecule has 0 aromatic rings. The number of rotatable bonds is 8. The van der Waals surface area contributed by atoms with Crippen molar-refractivity contribution in [1.29, 1.82) is 0 Å². The van der Waals surface area contributed by atoms with E-state index in [-0.39, 0.29) is 18.4 Å². The van der Waals surface area contributed by atoms with Crippen LogP contribution in [-0.4, -0.2) is 39.4 Å². The van der Waals surface area contributed by atoms with E-state index in [0.29, 0.717) is 30.8 Å². The molecule has 33 heavy (non-hydrogen) atoms. The van der Waals surface area contributed by atoms with Crippen molar-refractivity contribution in [3.8, 4) is 0 Å². The van der Waals surface area contributed by atoms with Crippen LogP contribution in [0.1, 0.15) is 85.5 Å². The van der Waals surface area contributed by atoms with Gasteiger partial charge in [0.15, 0.2) is 5.79 Å². The summed E-state index contributed by atoms with van der Waals surface area (Å²) in [6.07, 6.45) is 16.8. The molecule has 0 aromatic carbocycles. The Morgan fingerprint density at radius 1 is 1.24 bits per heavy atom. The van der Waals surface area contributed by atoms with Crippen LogP contribution < -0.4 is 0 Å². The zero-order valence-corrected chi connectivity index (χ0v) is 21.1. The van der Waals surface area contributed by atoms with E-state index >= 15 is 0 Å². The van der Waals surface area contributed by atoms with Crippen molar-refractivity contribution in [2.45, 2.75) is 103 Å². The first kappa shape index (κ1) is 26.2. The number of allylic oxidation sites excluding steroid dienone is 5. The van der Waals surface area contributed by atoms with E-state index in [9.17, 15) is 15.3 Å². The molecule has 0 spiro atoms. The monoisotopic (exact) mass is 456 g/mol. The van der Waals surface area contributed by atoms with Crippen LogP contribution in [-0.2, 0) is 4.74 Å². The van der Waals surface area contributed by atoms with Gasteiger partial charge in [-0.2, -0.15) is 0 Å². The first-order valence-electron chi connectivity index (χ1n) is 12.8. The minimum Gasteiger partial charge on any atom is -0.388 e. The van der Waals surface area contributed by atoms with Crippen molar-refractivity contribution in [2.24, 2.45) is 11.3 Å². The Morgan fingerprint density at radius 3 is 2.64 bits per heavy atom. The van der Waals surface area contributed by atoms with Gasteiger partial charge in [0.05, 0.1) is 18.3 Å². The lowest BCUT2D eigenvalue weighted by atomic mass is 9.64. The van der Waals surface area contributed by atoms with Gasteiger partial charge in [0, 0.05) is 12.8 Å². The van der Waals surface area contributed by atoms with Crippen LogP contribution in [0.4, 0.5) is 0 Å². The zero-order valence-electron chi connectivity index (χ0n) is 21.1. The SMILES string of the molecule is C=C1C(=CC=C2CCC[C@]3(C)C(CC)=CC[C@@H]23)C[C@](O)(OCC=CC(O)(CC)CC)C[C@@H]1O. The molecule has 0 aromatic heterocycles. The molecule has 3 N–H and O–H groups in total. The summed E-state index contributed by atoms with van der Waals surface area (Å²) in [6.45, 7) is 12.8. The van der Waals surface area contributed by atoms with E-state index < -0.39 is 17.5 Å². The van der Waals surface area contributed by atoms with Crippen molar-refractivity contribution in [2.75, 3.05) is 6.61 Å². The lowest BCUT2D eigenvalue weighted by molar-refractivity contribution is -0.213. The third-order valence-electron chi connectivity index (χ3n) is 8.49. The molecule has 2 saturated carbocycles. The lowest BCUT2D eigenvalue weighted by Gasteiger charge is -2.41. The van der Waals surface area contributed by atoms with Crippen LogP contribution >= 0.6 is 0 Å². The van der Waals surface area contributed by atoms with Gasteiger partial charge in [0.1, 0.15) is 0 Å². The highest BCUT2D eigenvalue weighted by Gasteiger charge is 2.44. The van der Waals surface area contributed by atoms with E-state index in [0.717, 1.165) is 24.8 Å². The summed E-state index contributed by atoms with van der Waals surface area (Å²) >= 11 is 0. The summed E-state index contributed by atoms with van der Waals surface area (Å²) in [7, 11) is 0. The predicted octanol–water partition coefficient (Wildman–Crippen LogP) is 5.91. The predicted molar refractivity (Wildman–Crippen MR) is 135 cm³/mol. The van der Waals surface area contributed by atoms with E-state index in [1.54, 1.807) is 17.7 Å². The molecular formula is C29H44O4. The van der Waals surface area contributed by atoms with Gasteiger partial charge in [-0.25, -0.2) is 0 Å². The number of hydrogen-bond acceptors (Lipinski definition) is 4. The molecule has 2 fully saturated rings. The summed E-state index contributed by atoms with van der Waals surface area (Å²) in [6, 6.07) is 0. The molecule has 3 aliphatic rings. The smallest absolute Gasteiger partial charge is 0.172 e. The molecular weight excluding hydrogens is 412 g/mol. The van der Waals surface area contributed by atoms with Gasteiger partial charge in [-0.1, -0.05) is 75.8 Å². The zero-order chi connectivity index (χ0) is 24.3. The van der Waals surface area contributed by atoms with Gasteiger partial charge in [-0.15, -0.1) is 0 Å². The molecule has 4 heteroatoms. The van der Waals surface area contributed by atoms with Gasteiger partial charge >= 0.3 is 0 Å². The highest BCUT2D eigenvalue weighted by atomic mass is 16.6. The second-order valence-electron chi connectivity index (χ2n) is 10.5. The minimum atomic E-state index is -1.45. The first-order chi connectivity index (χ1) is 15.6. The summed E-state index contributed by atoms with van der Waals surface area (Å²) in [5, 5.41) is 32.0. The normalized spacial score (nSPS) is 35.5. The average Bonchev–Trinajstić information content (AvgIpc) is 3.14. The molecule has 0 unspecified atom stereocenters. The Kier molecular flexibility index (Phi) is 8.27. The van der Waals surface area contributed by atoms with E-state index in [2.05, 4.69) is 32.6 Å². The number of ether oxygens (including phenoxy) is 1. The average molecular weight is 457 g/mol. The third kappa shape index (κ3) is 5.62. The molecule has 4 nitrogen and oxygen atoms in total. The van der Waals surface area contributed by atoms with Crippen LogP contribution in [0.25, 0.3) is 0 Å². The first-order valence-corrected chi connectivity index (χ1v) is 12.8. The van der Waals surface area contributed by atoms with E-state index in [1.807, 2.05) is 19.9 Å². The maximum Gasteiger partial charge on any atom is 0.172 e. The van der Waals surface area contributed by atoms with Gasteiger partial charge in [-0.05, 0) is 67.4 Å². The molecule has 4 atom stereocenters. The molecule has 0 bridgehead atoms. The topological polar surface area (TPSA) is 69.9 Å². The molecule has 0 heterocycles. The summed E-state index contributed by atoms with van der Waals surface area (Å²) in [5.74, 6) is -0.895. The van der Waals surface area contributed by atoms with Gasteiger partial charge in [0.2, 0.25) is 0 Å². The van der Waals surface area contributed by atoms with E-state index in [1.165, 1.54) is 18.4 Å². The second kappa shape index (κ2) is 10.4. The van der Waals surface area contributed by atoms with Crippen LogP contribution in [0.5, 0.6) is 0 Å². The molecule has 0 amide bonds. The fraction of sp³-hybridized carbons (Fsp3) is 0.655. The largest absolute Gasteiger partial charge is 0.388 e. The Morgan fingerprint density at radius 2 is 1.97 bits per heavy atom. The highest BCUT2D eigenvalue weighted by molar-refractivity contribution is 5.40. The van der Waals surface area contributed by atoms with Gasteiger partial charge in [-0.3, -0.25) is 0 Å². The lowest BCUT2D eigenvalue weighted by Crippen LogP contribution is -2.42. The number of hydrogen-bond donors (Lipinski definition) is 3. The molecule has 3 aliphatic carbocycles. The van der Waals surface area contributed by atoms with E-state index in [4.69, 9.17) is 4.74 Å². The second-order valence-corrected chi connectivity index (χ2v) is 10.5. The highest BCUT2D eigenvalue weighted by Crippen LogP contribution is 2.55. The number of aliphatic hydroxyl groups is 3. The molecule has 0 aliphatic heterocycles. The molecule has 184 valence electrons. The maximum absolute atomic E-state index is 11.1. The van der Waals surface area contributed by atoms with Crippen molar-refractivity contribution in [3.05, 3.63) is 59.3 Å². The summed E-state index contributed by atoms with van der Waals surface area (Å²) < 4.78 is 5.80. The number of aliphatic hydroxyl groups excluding tert-OH is 1. The fourth-order valence-corrected chi connectivity index (χ4v) is 6.02. The molecule has 0 radical (unpaired) electrons. The van der Waals surface area contributed by atoms with Crippen molar-refractivity contribution >= 4 is 0 Å². The van der Waals surface area contributed by atoms with Gasteiger partial charge in [0.25, 0.3) is 0 Å². The molecule has 0 saturated heterocycles. The standard InChI is InChI=1S/C29H44O4/c1-6-24-14-15-25-22(11-9-16-27(24,25)5)12-13-23-19-29(32,20-26(30)21(23)4)33-18-10-17-28(31,7-2)8-3/h10,12-14,17,25-26,30-32H,4,6-9,11,15-16,18-20H2,1-3,5H3/t25-,26-,27+,29-/m0/s1. The summed E-state index contributed by atoms with van der Waals surface area (Å²) in [5.41, 5.74) is 4.01.